The predicted octanol–water partition coefficient (Wildman–Crippen LogP) is 3.23. The molecule has 2 aliphatic heterocycles. The van der Waals surface area contributed by atoms with Crippen molar-refractivity contribution in [2.75, 3.05) is 51.4 Å². The first-order valence-corrected chi connectivity index (χ1v) is 10.5. The van der Waals surface area contributed by atoms with Crippen LogP contribution in [0.25, 0.3) is 0 Å². The molecular formula is C23H31N3O3. The van der Waals surface area contributed by atoms with Crippen LogP contribution in [-0.2, 0) is 11.3 Å². The third-order valence-corrected chi connectivity index (χ3v) is 6.13. The fourth-order valence-corrected chi connectivity index (χ4v) is 4.63. The van der Waals surface area contributed by atoms with Gasteiger partial charge in [0.2, 0.25) is 0 Å². The van der Waals surface area contributed by atoms with Crippen LogP contribution in [0.2, 0.25) is 0 Å². The van der Waals surface area contributed by atoms with E-state index in [4.69, 9.17) is 9.47 Å². The van der Waals surface area contributed by atoms with Gasteiger partial charge in [0.05, 0.1) is 26.0 Å². The van der Waals surface area contributed by atoms with Crippen molar-refractivity contribution in [1.29, 1.82) is 0 Å². The number of carbonyl (C=O) groups is 1. The number of hydrogen-bond acceptors (Lipinski definition) is 4. The van der Waals surface area contributed by atoms with Crippen LogP contribution in [0.4, 0.5) is 5.69 Å². The van der Waals surface area contributed by atoms with Crippen LogP contribution in [0, 0.1) is 13.8 Å². The van der Waals surface area contributed by atoms with Crippen molar-refractivity contribution in [2.45, 2.75) is 33.2 Å². The van der Waals surface area contributed by atoms with E-state index in [0.717, 1.165) is 80.5 Å². The van der Waals surface area contributed by atoms with Crippen molar-refractivity contribution < 1.29 is 14.3 Å². The molecule has 6 heteroatoms. The molecule has 1 aromatic heterocycles. The second-order valence-electron chi connectivity index (χ2n) is 7.94. The van der Waals surface area contributed by atoms with Crippen LogP contribution in [0.15, 0.2) is 24.3 Å². The van der Waals surface area contributed by atoms with Gasteiger partial charge in [-0.15, -0.1) is 0 Å². The zero-order valence-electron chi connectivity index (χ0n) is 17.7. The lowest BCUT2D eigenvalue weighted by Crippen LogP contribution is -2.36. The Morgan fingerprint density at radius 1 is 1.10 bits per heavy atom. The normalized spacial score (nSPS) is 17.1. The van der Waals surface area contributed by atoms with Crippen molar-refractivity contribution in [3.63, 3.8) is 0 Å². The molecule has 0 spiro atoms. The maximum atomic E-state index is 13.5. The molecule has 0 atom stereocenters. The molecule has 0 radical (unpaired) electrons. The number of ether oxygens (including phenoxy) is 2. The van der Waals surface area contributed by atoms with Gasteiger partial charge in [-0.3, -0.25) is 4.79 Å². The number of likely N-dealkylation sites (tertiary alicyclic amines) is 1. The summed E-state index contributed by atoms with van der Waals surface area (Å²) in [6.45, 7) is 9.79. The second-order valence-corrected chi connectivity index (χ2v) is 7.94. The summed E-state index contributed by atoms with van der Waals surface area (Å²) in [5, 5.41) is 0. The quantitative estimate of drug-likeness (QED) is 0.777. The molecule has 29 heavy (non-hydrogen) atoms. The van der Waals surface area contributed by atoms with E-state index in [0.29, 0.717) is 6.54 Å². The Morgan fingerprint density at radius 3 is 2.52 bits per heavy atom. The first-order valence-electron chi connectivity index (χ1n) is 10.5. The van der Waals surface area contributed by atoms with E-state index >= 15 is 0 Å². The number of hydrogen-bond donors (Lipinski definition) is 0. The van der Waals surface area contributed by atoms with Crippen molar-refractivity contribution >= 4 is 11.6 Å². The van der Waals surface area contributed by atoms with Gasteiger partial charge in [-0.2, -0.15) is 0 Å². The van der Waals surface area contributed by atoms with Crippen LogP contribution < -0.4 is 9.64 Å². The van der Waals surface area contributed by atoms with E-state index in [1.165, 1.54) is 5.69 Å². The highest BCUT2D eigenvalue weighted by molar-refractivity contribution is 5.97. The molecule has 6 nitrogen and oxygen atoms in total. The van der Waals surface area contributed by atoms with Crippen LogP contribution in [-0.4, -0.2) is 61.9 Å². The molecule has 0 bridgehead atoms. The van der Waals surface area contributed by atoms with Gasteiger partial charge in [-0.1, -0.05) is 12.1 Å². The Labute approximate surface area is 173 Å². The number of morpholine rings is 1. The molecule has 2 saturated heterocycles. The maximum Gasteiger partial charge on any atom is 0.270 e. The summed E-state index contributed by atoms with van der Waals surface area (Å²) in [7, 11) is 1.68. The third-order valence-electron chi connectivity index (χ3n) is 6.13. The number of carbonyl (C=O) groups excluding carboxylic acids is 1. The van der Waals surface area contributed by atoms with Crippen LogP contribution in [0.1, 0.15) is 40.2 Å². The Morgan fingerprint density at radius 2 is 1.83 bits per heavy atom. The highest BCUT2D eigenvalue weighted by Crippen LogP contribution is 2.33. The smallest absolute Gasteiger partial charge is 0.270 e. The maximum absolute atomic E-state index is 13.5. The summed E-state index contributed by atoms with van der Waals surface area (Å²) >= 11 is 0. The van der Waals surface area contributed by atoms with E-state index in [1.807, 2.05) is 23.1 Å². The lowest BCUT2D eigenvalue weighted by molar-refractivity contribution is 0.0781. The first kappa shape index (κ1) is 19.8. The molecule has 4 rings (SSSR count). The average Bonchev–Trinajstić information content (AvgIpc) is 3.36. The van der Waals surface area contributed by atoms with E-state index in [9.17, 15) is 4.79 Å². The minimum absolute atomic E-state index is 0.158. The summed E-state index contributed by atoms with van der Waals surface area (Å²) in [5.41, 5.74) is 5.39. The molecule has 1 aromatic carbocycles. The highest BCUT2D eigenvalue weighted by atomic mass is 16.5. The van der Waals surface area contributed by atoms with E-state index in [2.05, 4.69) is 29.4 Å². The van der Waals surface area contributed by atoms with Gasteiger partial charge in [-0.25, -0.2) is 0 Å². The summed E-state index contributed by atoms with van der Waals surface area (Å²) in [5.74, 6) is 0.996. The van der Waals surface area contributed by atoms with Gasteiger partial charge in [0.25, 0.3) is 5.91 Å². The fraction of sp³-hybridized carbons (Fsp3) is 0.522. The van der Waals surface area contributed by atoms with Gasteiger partial charge >= 0.3 is 0 Å². The van der Waals surface area contributed by atoms with E-state index in [-0.39, 0.29) is 5.91 Å². The number of methoxy groups -OCH3 is 1. The lowest BCUT2D eigenvalue weighted by Gasteiger charge is -2.29. The van der Waals surface area contributed by atoms with Crippen molar-refractivity contribution in [1.82, 2.24) is 9.47 Å². The number of amides is 1. The molecule has 0 saturated carbocycles. The highest BCUT2D eigenvalue weighted by Gasteiger charge is 2.30. The molecule has 0 aliphatic carbocycles. The molecule has 156 valence electrons. The zero-order valence-corrected chi connectivity index (χ0v) is 17.7. The Balaban J connectivity index is 1.77. The largest absolute Gasteiger partial charge is 0.497 e. The zero-order chi connectivity index (χ0) is 20.4. The number of benzene rings is 1. The van der Waals surface area contributed by atoms with E-state index < -0.39 is 0 Å². The van der Waals surface area contributed by atoms with Crippen LogP contribution >= 0.6 is 0 Å². The standard InChI is InChI=1S/C23H31N3O3/c1-17-21(24-11-13-29-14-12-24)18(2)26(16-19-7-6-8-20(15-19)28-3)22(17)23(27)25-9-4-5-10-25/h6-8,15H,4-5,9-14,16H2,1-3H3. The molecule has 2 aromatic rings. The summed E-state index contributed by atoms with van der Waals surface area (Å²) in [6.07, 6.45) is 2.19. The monoisotopic (exact) mass is 397 g/mol. The van der Waals surface area contributed by atoms with Crippen molar-refractivity contribution in [3.8, 4) is 5.75 Å². The Bertz CT molecular complexity index is 878. The molecule has 2 aliphatic rings. The lowest BCUT2D eigenvalue weighted by atomic mass is 10.1. The van der Waals surface area contributed by atoms with Gasteiger partial charge in [0.15, 0.2) is 0 Å². The van der Waals surface area contributed by atoms with Gasteiger partial charge < -0.3 is 23.8 Å². The average molecular weight is 398 g/mol. The van der Waals surface area contributed by atoms with Gasteiger partial charge in [0.1, 0.15) is 11.4 Å². The molecule has 1 amide bonds. The molecule has 3 heterocycles. The van der Waals surface area contributed by atoms with E-state index in [1.54, 1.807) is 7.11 Å². The van der Waals surface area contributed by atoms with Crippen LogP contribution in [0.3, 0.4) is 0 Å². The topological polar surface area (TPSA) is 46.9 Å². The molecule has 0 unspecified atom stereocenters. The van der Waals surface area contributed by atoms with Crippen molar-refractivity contribution in [3.05, 3.63) is 46.8 Å². The summed E-state index contributed by atoms with van der Waals surface area (Å²) in [4.78, 5) is 17.9. The summed E-state index contributed by atoms with van der Waals surface area (Å²) < 4.78 is 13.2. The van der Waals surface area contributed by atoms with Crippen molar-refractivity contribution in [2.24, 2.45) is 0 Å². The SMILES string of the molecule is COc1cccc(Cn2c(C)c(N3CCOCC3)c(C)c2C(=O)N2CCCC2)c1. The predicted molar refractivity (Wildman–Crippen MR) is 114 cm³/mol. The van der Waals surface area contributed by atoms with Gasteiger partial charge in [-0.05, 0) is 44.4 Å². The minimum atomic E-state index is 0.158. The molecular weight excluding hydrogens is 366 g/mol. The fourth-order valence-electron chi connectivity index (χ4n) is 4.63. The first-order chi connectivity index (χ1) is 14.1. The number of aromatic nitrogens is 1. The Hall–Kier alpha value is -2.47. The molecule has 2 fully saturated rings. The third kappa shape index (κ3) is 3.86. The second kappa shape index (κ2) is 8.49. The Kier molecular flexibility index (Phi) is 5.81. The molecule has 0 N–H and O–H groups in total. The summed E-state index contributed by atoms with van der Waals surface area (Å²) in [6, 6.07) is 8.10. The number of nitrogens with zero attached hydrogens (tertiary/aromatic N) is 3. The number of anilines is 1. The van der Waals surface area contributed by atoms with Gasteiger partial charge in [0, 0.05) is 44.0 Å². The van der Waals surface area contributed by atoms with Crippen LogP contribution in [0.5, 0.6) is 5.75 Å². The minimum Gasteiger partial charge on any atom is -0.497 e. The number of rotatable bonds is 5.